The molecule has 0 heterocycles. The number of phosphoric acid groups is 1. The first kappa shape index (κ1) is 22.5. The van der Waals surface area contributed by atoms with Gasteiger partial charge in [0, 0.05) is 0 Å². The molecule has 8 heteroatoms. The Morgan fingerprint density at radius 1 is 1.00 bits per heavy atom. The van der Waals surface area contributed by atoms with Crippen LogP contribution in [0.15, 0.2) is 0 Å². The molecule has 44 valence electrons. The van der Waals surface area contributed by atoms with E-state index >= 15 is 0 Å². The standard InChI is InChI=1S/2K.H3O4P.H2O.2H/c;;1-5(2,3)4;;;/h;;(H3,1,2,3,4);1H2;;. The Bertz CT molecular complexity index is 56.6. The Morgan fingerprint density at radius 3 is 1.00 bits per heavy atom. The van der Waals surface area contributed by atoms with Gasteiger partial charge in [-0.05, 0) is 0 Å². The summed E-state index contributed by atoms with van der Waals surface area (Å²) >= 11 is 0. The Morgan fingerprint density at radius 2 is 1.00 bits per heavy atom. The van der Waals surface area contributed by atoms with Gasteiger partial charge in [-0.3, -0.25) is 0 Å². The second-order valence-corrected chi connectivity index (χ2v) is 1.54. The normalized spacial score (nSPS) is 7.38. The van der Waals surface area contributed by atoms with Crippen LogP contribution in [0.4, 0.5) is 0 Å². The summed E-state index contributed by atoms with van der Waals surface area (Å²) in [5.41, 5.74) is 0. The van der Waals surface area contributed by atoms with Gasteiger partial charge in [-0.2, -0.15) is 0 Å². The van der Waals surface area contributed by atoms with E-state index in [1.807, 2.05) is 0 Å². The van der Waals surface area contributed by atoms with E-state index in [1.165, 1.54) is 0 Å². The van der Waals surface area contributed by atoms with Crippen LogP contribution in [0.3, 0.4) is 0 Å². The van der Waals surface area contributed by atoms with E-state index in [0.29, 0.717) is 0 Å². The van der Waals surface area contributed by atoms with E-state index in [-0.39, 0.29) is 108 Å². The van der Waals surface area contributed by atoms with Gasteiger partial charge in [0.25, 0.3) is 0 Å². The molecule has 0 rings (SSSR count). The first-order chi connectivity index (χ1) is 2.00. The molecule has 0 aliphatic carbocycles. The molecule has 0 spiro atoms. The summed E-state index contributed by atoms with van der Waals surface area (Å²) in [6, 6.07) is 0. The van der Waals surface area contributed by atoms with Gasteiger partial charge >= 0.3 is 111 Å². The Hall–Kier alpha value is 3.34. The van der Waals surface area contributed by atoms with Crippen LogP contribution in [0.5, 0.6) is 0 Å². The average Bonchev–Trinajstić information content (AvgIpc) is 0.722. The van der Waals surface area contributed by atoms with Crippen LogP contribution in [0.2, 0.25) is 0 Å². The van der Waals surface area contributed by atoms with Gasteiger partial charge in [-0.25, -0.2) is 4.57 Å². The Labute approximate surface area is 132 Å². The predicted octanol–water partition coefficient (Wildman–Crippen LogP) is -3.05. The van der Waals surface area contributed by atoms with Crippen LogP contribution in [-0.4, -0.2) is 123 Å². The van der Waals surface area contributed by atoms with Crippen molar-refractivity contribution in [3.63, 3.8) is 0 Å². The summed E-state index contributed by atoms with van der Waals surface area (Å²) in [6.07, 6.45) is 0. The molecule has 0 bridgehead atoms. The van der Waals surface area contributed by atoms with Gasteiger partial charge in [0.15, 0.2) is 0 Å². The number of rotatable bonds is 0. The summed E-state index contributed by atoms with van der Waals surface area (Å²) in [6.45, 7) is 0. The number of hydrogen-bond acceptors (Lipinski definition) is 1. The molecule has 0 saturated heterocycles. The van der Waals surface area contributed by atoms with Crippen LogP contribution in [0.25, 0.3) is 0 Å². The molecular weight excluding hydrogens is 189 g/mol. The molecule has 0 aliphatic rings. The van der Waals surface area contributed by atoms with E-state index < -0.39 is 7.82 Å². The van der Waals surface area contributed by atoms with E-state index in [9.17, 15) is 0 Å². The molecular formula is H7K2O5P. The molecule has 0 radical (unpaired) electrons. The van der Waals surface area contributed by atoms with Crippen LogP contribution >= 0.6 is 7.82 Å². The van der Waals surface area contributed by atoms with E-state index in [1.54, 1.807) is 0 Å². The summed E-state index contributed by atoms with van der Waals surface area (Å²) in [4.78, 5) is 21.6. The van der Waals surface area contributed by atoms with Gasteiger partial charge < -0.3 is 20.2 Å². The molecule has 0 aromatic rings. The Balaban J connectivity index is -0.0000000267. The molecule has 5 N–H and O–H groups in total. The summed E-state index contributed by atoms with van der Waals surface area (Å²) in [5.74, 6) is 0. The average molecular weight is 196 g/mol. The maximum absolute atomic E-state index is 8.88. The van der Waals surface area contributed by atoms with Crippen molar-refractivity contribution < 1.29 is 24.7 Å². The fraction of sp³-hybridized carbons (Fsp3) is 0. The van der Waals surface area contributed by atoms with Crippen LogP contribution in [0, 0.1) is 0 Å². The van der Waals surface area contributed by atoms with Crippen LogP contribution < -0.4 is 0 Å². The molecule has 0 aliphatic heterocycles. The summed E-state index contributed by atoms with van der Waals surface area (Å²) < 4.78 is 8.88. The number of hydrogen-bond donors (Lipinski definition) is 3. The van der Waals surface area contributed by atoms with Gasteiger partial charge in [0.1, 0.15) is 0 Å². The molecule has 0 atom stereocenters. The quantitative estimate of drug-likeness (QED) is 0.282. The van der Waals surface area contributed by atoms with Crippen molar-refractivity contribution in [2.24, 2.45) is 0 Å². The fourth-order valence-corrected chi connectivity index (χ4v) is 0. The molecule has 0 amide bonds. The zero-order valence-electron chi connectivity index (χ0n) is 2.70. The van der Waals surface area contributed by atoms with Crippen molar-refractivity contribution in [3.8, 4) is 0 Å². The van der Waals surface area contributed by atoms with Crippen LogP contribution in [0.1, 0.15) is 0 Å². The third kappa shape index (κ3) is 58.2. The summed E-state index contributed by atoms with van der Waals surface area (Å²) in [7, 11) is -4.64. The SMILES string of the molecule is O.O=P(O)(O)O.[KH].[KH]. The molecule has 8 heavy (non-hydrogen) atoms. The van der Waals surface area contributed by atoms with Crippen molar-refractivity contribution in [1.29, 1.82) is 0 Å². The maximum atomic E-state index is 8.88. The minimum atomic E-state index is -4.64. The van der Waals surface area contributed by atoms with Gasteiger partial charge in [0.2, 0.25) is 0 Å². The van der Waals surface area contributed by atoms with Gasteiger partial charge in [0.05, 0.1) is 0 Å². The molecule has 0 unspecified atom stereocenters. The van der Waals surface area contributed by atoms with E-state index in [0.717, 1.165) is 0 Å². The van der Waals surface area contributed by atoms with E-state index in [4.69, 9.17) is 19.2 Å². The van der Waals surface area contributed by atoms with Crippen molar-refractivity contribution in [1.82, 2.24) is 0 Å². The zero-order valence-corrected chi connectivity index (χ0v) is 3.59. The summed E-state index contributed by atoms with van der Waals surface area (Å²) in [5, 5.41) is 0. The van der Waals surface area contributed by atoms with Crippen molar-refractivity contribution >= 4 is 111 Å². The zero-order chi connectivity index (χ0) is 4.50. The first-order valence-electron chi connectivity index (χ1n) is 0.783. The molecule has 5 nitrogen and oxygen atoms in total. The molecule has 0 aromatic carbocycles. The molecule has 0 aromatic heterocycles. The molecule has 0 fully saturated rings. The molecule has 0 saturated carbocycles. The Kier molecular flexibility index (Phi) is 29.1. The third-order valence-corrected chi connectivity index (χ3v) is 0. The third-order valence-electron chi connectivity index (χ3n) is 0. The monoisotopic (exact) mass is 196 g/mol. The second-order valence-electron chi connectivity index (χ2n) is 0.513. The van der Waals surface area contributed by atoms with Crippen molar-refractivity contribution in [2.45, 2.75) is 0 Å². The van der Waals surface area contributed by atoms with Crippen LogP contribution in [-0.2, 0) is 4.57 Å². The van der Waals surface area contributed by atoms with Crippen molar-refractivity contribution in [3.05, 3.63) is 0 Å². The minimum absolute atomic E-state index is 0. The topological polar surface area (TPSA) is 109 Å². The second kappa shape index (κ2) is 10.3. The van der Waals surface area contributed by atoms with Gasteiger partial charge in [-0.1, -0.05) is 0 Å². The van der Waals surface area contributed by atoms with E-state index in [2.05, 4.69) is 0 Å². The van der Waals surface area contributed by atoms with Crippen molar-refractivity contribution in [2.75, 3.05) is 0 Å². The first-order valence-corrected chi connectivity index (χ1v) is 2.35. The predicted molar refractivity (Wildman–Crippen MR) is 32.2 cm³/mol. The van der Waals surface area contributed by atoms with Gasteiger partial charge in [-0.15, -0.1) is 0 Å². The fourth-order valence-electron chi connectivity index (χ4n) is 0.